The smallest absolute Gasteiger partial charge is 0.131 e. The van der Waals surface area contributed by atoms with Crippen molar-refractivity contribution < 1.29 is 8.78 Å². The van der Waals surface area contributed by atoms with E-state index < -0.39 is 12.3 Å². The Morgan fingerprint density at radius 3 is 1.57 bits per heavy atom. The van der Waals surface area contributed by atoms with Crippen LogP contribution in [0, 0.1) is 0 Å². The highest BCUT2D eigenvalue weighted by molar-refractivity contribution is 4.75. The van der Waals surface area contributed by atoms with Gasteiger partial charge >= 0.3 is 0 Å². The summed E-state index contributed by atoms with van der Waals surface area (Å²) in [5, 5.41) is 0. The van der Waals surface area contributed by atoms with Crippen molar-refractivity contribution in [3.63, 3.8) is 0 Å². The van der Waals surface area contributed by atoms with Gasteiger partial charge in [-0.15, -0.1) is 0 Å². The topological polar surface area (TPSA) is 0 Å². The molecule has 0 bridgehead atoms. The molecule has 0 saturated heterocycles. The summed E-state index contributed by atoms with van der Waals surface area (Å²) in [6, 6.07) is 0. The third kappa shape index (κ3) is 0.898. The Hall–Kier alpha value is -0.140. The molecular formula is C5H8F2. The summed E-state index contributed by atoms with van der Waals surface area (Å²) in [4.78, 5) is 0. The molecule has 0 nitrogen and oxygen atoms in total. The van der Waals surface area contributed by atoms with E-state index in [2.05, 4.69) is 0 Å². The van der Waals surface area contributed by atoms with E-state index in [0.29, 0.717) is 12.8 Å². The second-order valence-electron chi connectivity index (χ2n) is 1.96. The third-order valence-electron chi connectivity index (χ3n) is 1.35. The van der Waals surface area contributed by atoms with E-state index in [1.165, 1.54) is 0 Å². The molecule has 0 N–H and O–H groups in total. The first kappa shape index (κ1) is 5.01. The number of alkyl halides is 2. The molecule has 1 aliphatic rings. The minimum Gasteiger partial charge on any atom is -0.244 e. The minimum absolute atomic E-state index is 0.432. The predicted molar refractivity (Wildman–Crippen MR) is 23.6 cm³/mol. The van der Waals surface area contributed by atoms with Crippen LogP contribution >= 0.6 is 0 Å². The van der Waals surface area contributed by atoms with Gasteiger partial charge in [0.15, 0.2) is 0 Å². The summed E-state index contributed by atoms with van der Waals surface area (Å²) in [6.45, 7) is 0. The zero-order valence-corrected chi connectivity index (χ0v) is 4.03. The fourth-order valence-corrected chi connectivity index (χ4v) is 0.870. The Balaban J connectivity index is 2.33. The van der Waals surface area contributed by atoms with Gasteiger partial charge in [0, 0.05) is 0 Å². The zero-order chi connectivity index (χ0) is 5.28. The lowest BCUT2D eigenvalue weighted by atomic mass is 10.3. The highest BCUT2D eigenvalue weighted by Gasteiger charge is 2.25. The molecule has 1 rings (SSSR count). The summed E-state index contributed by atoms with van der Waals surface area (Å²) in [6.07, 6.45) is -0.718. The third-order valence-corrected chi connectivity index (χ3v) is 1.35. The van der Waals surface area contributed by atoms with E-state index in [0.717, 1.165) is 6.42 Å². The maximum atomic E-state index is 11.9. The lowest BCUT2D eigenvalue weighted by Gasteiger charge is -1.96. The van der Waals surface area contributed by atoms with Crippen molar-refractivity contribution in [2.45, 2.75) is 31.6 Å². The molecule has 0 spiro atoms. The lowest BCUT2D eigenvalue weighted by molar-refractivity contribution is 0.199. The quantitative estimate of drug-likeness (QED) is 0.442. The molecule has 0 amide bonds. The van der Waals surface area contributed by atoms with Crippen LogP contribution in [0.2, 0.25) is 0 Å². The monoisotopic (exact) mass is 106 g/mol. The average Bonchev–Trinajstić information content (AvgIpc) is 1.91. The molecule has 0 aromatic carbocycles. The molecule has 42 valence electrons. The Labute approximate surface area is 41.5 Å². The van der Waals surface area contributed by atoms with Crippen LogP contribution in [-0.4, -0.2) is 12.3 Å². The van der Waals surface area contributed by atoms with Gasteiger partial charge in [0.25, 0.3) is 0 Å². The second-order valence-corrected chi connectivity index (χ2v) is 1.96. The van der Waals surface area contributed by atoms with Crippen molar-refractivity contribution >= 4 is 0 Å². The van der Waals surface area contributed by atoms with Gasteiger partial charge in [-0.25, -0.2) is 8.78 Å². The van der Waals surface area contributed by atoms with Crippen molar-refractivity contribution in [1.29, 1.82) is 0 Å². The number of halogens is 2. The summed E-state index contributed by atoms with van der Waals surface area (Å²) in [7, 11) is 0. The normalized spacial score (nSPS) is 42.0. The average molecular weight is 106 g/mol. The molecule has 0 aromatic heterocycles. The first-order valence-corrected chi connectivity index (χ1v) is 2.59. The van der Waals surface area contributed by atoms with Gasteiger partial charge in [-0.3, -0.25) is 0 Å². The van der Waals surface area contributed by atoms with E-state index in [-0.39, 0.29) is 0 Å². The fraction of sp³-hybridized carbons (Fsp3) is 1.00. The maximum absolute atomic E-state index is 11.9. The van der Waals surface area contributed by atoms with Gasteiger partial charge in [-0.2, -0.15) is 0 Å². The Bertz CT molecular complexity index is 55.1. The standard InChI is InChI=1S/C5H8F2/c6-4-2-1-3-5(4)7/h4-5H,1-3H2/t4-,5-/m1/s1. The SMILES string of the molecule is F[C@@H]1CCC[C@H]1F. The largest absolute Gasteiger partial charge is 0.244 e. The molecule has 2 atom stereocenters. The molecule has 7 heavy (non-hydrogen) atoms. The Morgan fingerprint density at radius 2 is 1.43 bits per heavy atom. The summed E-state index contributed by atoms with van der Waals surface area (Å²) in [5.74, 6) is 0. The molecule has 2 heteroatoms. The van der Waals surface area contributed by atoms with E-state index in [1.807, 2.05) is 0 Å². The summed E-state index contributed by atoms with van der Waals surface area (Å²) < 4.78 is 23.9. The van der Waals surface area contributed by atoms with Crippen molar-refractivity contribution in [1.82, 2.24) is 0 Å². The Morgan fingerprint density at radius 1 is 1.00 bits per heavy atom. The van der Waals surface area contributed by atoms with Crippen LogP contribution in [0.3, 0.4) is 0 Å². The second kappa shape index (κ2) is 1.76. The van der Waals surface area contributed by atoms with Gasteiger partial charge < -0.3 is 0 Å². The molecule has 1 saturated carbocycles. The summed E-state index contributed by atoms with van der Waals surface area (Å²) in [5.41, 5.74) is 0. The first-order valence-electron chi connectivity index (χ1n) is 2.59. The molecule has 0 unspecified atom stereocenters. The predicted octanol–water partition coefficient (Wildman–Crippen LogP) is 1.85. The van der Waals surface area contributed by atoms with Crippen LogP contribution in [-0.2, 0) is 0 Å². The van der Waals surface area contributed by atoms with Crippen molar-refractivity contribution in [3.05, 3.63) is 0 Å². The summed E-state index contributed by atoms with van der Waals surface area (Å²) >= 11 is 0. The molecular weight excluding hydrogens is 98.1 g/mol. The van der Waals surface area contributed by atoms with Crippen LogP contribution < -0.4 is 0 Å². The van der Waals surface area contributed by atoms with Crippen LogP contribution in [0.25, 0.3) is 0 Å². The zero-order valence-electron chi connectivity index (χ0n) is 4.03. The maximum Gasteiger partial charge on any atom is 0.131 e. The highest BCUT2D eigenvalue weighted by Crippen LogP contribution is 2.24. The van der Waals surface area contributed by atoms with Crippen LogP contribution in [0.15, 0.2) is 0 Å². The fourth-order valence-electron chi connectivity index (χ4n) is 0.870. The van der Waals surface area contributed by atoms with Gasteiger partial charge in [0.1, 0.15) is 12.3 Å². The van der Waals surface area contributed by atoms with Crippen LogP contribution in [0.1, 0.15) is 19.3 Å². The Kier molecular flexibility index (Phi) is 1.26. The van der Waals surface area contributed by atoms with Crippen LogP contribution in [0.4, 0.5) is 8.78 Å². The first-order chi connectivity index (χ1) is 3.30. The van der Waals surface area contributed by atoms with Gasteiger partial charge in [-0.1, -0.05) is 0 Å². The van der Waals surface area contributed by atoms with Crippen LogP contribution in [0.5, 0.6) is 0 Å². The van der Waals surface area contributed by atoms with Crippen molar-refractivity contribution in [2.24, 2.45) is 0 Å². The van der Waals surface area contributed by atoms with E-state index in [9.17, 15) is 8.78 Å². The number of hydrogen-bond acceptors (Lipinski definition) is 0. The molecule has 0 aliphatic heterocycles. The molecule has 1 aliphatic carbocycles. The van der Waals surface area contributed by atoms with Gasteiger partial charge in [-0.05, 0) is 19.3 Å². The molecule has 0 heterocycles. The van der Waals surface area contributed by atoms with Gasteiger partial charge in [0.05, 0.1) is 0 Å². The highest BCUT2D eigenvalue weighted by atomic mass is 19.2. The minimum atomic E-state index is -1.15. The van der Waals surface area contributed by atoms with Crippen molar-refractivity contribution in [2.75, 3.05) is 0 Å². The van der Waals surface area contributed by atoms with Crippen molar-refractivity contribution in [3.8, 4) is 0 Å². The molecule has 0 aromatic rings. The van der Waals surface area contributed by atoms with E-state index in [4.69, 9.17) is 0 Å². The van der Waals surface area contributed by atoms with E-state index in [1.54, 1.807) is 0 Å². The molecule has 1 fully saturated rings. The number of rotatable bonds is 0. The van der Waals surface area contributed by atoms with Gasteiger partial charge in [0.2, 0.25) is 0 Å². The van der Waals surface area contributed by atoms with E-state index >= 15 is 0 Å². The lowest BCUT2D eigenvalue weighted by Crippen LogP contribution is -2.06. The molecule has 0 radical (unpaired) electrons. The number of hydrogen-bond donors (Lipinski definition) is 0.